The van der Waals surface area contributed by atoms with Gasteiger partial charge in [-0.25, -0.2) is 0 Å². The van der Waals surface area contributed by atoms with Crippen molar-refractivity contribution in [1.29, 1.82) is 0 Å². The van der Waals surface area contributed by atoms with Gasteiger partial charge in [-0.2, -0.15) is 13.2 Å². The molecule has 1 aromatic rings. The first-order valence-corrected chi connectivity index (χ1v) is 6.10. The van der Waals surface area contributed by atoms with Crippen LogP contribution >= 0.6 is 15.9 Å². The molecule has 96 valence electrons. The van der Waals surface area contributed by atoms with Crippen LogP contribution in [0.5, 0.6) is 5.75 Å². The van der Waals surface area contributed by atoms with Gasteiger partial charge >= 0.3 is 6.18 Å². The van der Waals surface area contributed by atoms with E-state index in [-0.39, 0.29) is 11.2 Å². The van der Waals surface area contributed by atoms with Gasteiger partial charge in [0, 0.05) is 16.8 Å². The molecule has 0 amide bonds. The lowest BCUT2D eigenvalue weighted by Crippen LogP contribution is -2.08. The first kappa shape index (κ1) is 14.4. The molecule has 0 heterocycles. The molecule has 0 aliphatic rings. The summed E-state index contributed by atoms with van der Waals surface area (Å²) in [5, 5.41) is 0. The van der Waals surface area contributed by atoms with Gasteiger partial charge in [0.1, 0.15) is 5.75 Å². The van der Waals surface area contributed by atoms with Gasteiger partial charge in [0.05, 0.1) is 7.11 Å². The predicted molar refractivity (Wildman–Crippen MR) is 64.7 cm³/mol. The minimum absolute atomic E-state index is 0.00329. The summed E-state index contributed by atoms with van der Waals surface area (Å²) in [7, 11) is 1.51. The van der Waals surface area contributed by atoms with Crippen LogP contribution in [0.1, 0.15) is 28.8 Å². The summed E-state index contributed by atoms with van der Waals surface area (Å²) in [6, 6.07) is 5.48. The number of aryl methyl sites for hydroxylation is 1. The van der Waals surface area contributed by atoms with Crippen molar-refractivity contribution in [2.24, 2.45) is 0 Å². The van der Waals surface area contributed by atoms with E-state index >= 15 is 0 Å². The fourth-order valence-electron chi connectivity index (χ4n) is 1.54. The van der Waals surface area contributed by atoms with Crippen LogP contribution in [0.25, 0.3) is 0 Å². The molecule has 1 atom stereocenters. The summed E-state index contributed by atoms with van der Waals surface area (Å²) in [6.07, 6.45) is -4.92. The Bertz CT molecular complexity index is 377. The number of ether oxygens (including phenoxy) is 1. The summed E-state index contributed by atoms with van der Waals surface area (Å²) >= 11 is 3.28. The van der Waals surface area contributed by atoms with Crippen molar-refractivity contribution in [3.05, 3.63) is 29.3 Å². The number of rotatable bonds is 4. The second-order valence-corrected chi connectivity index (χ2v) is 4.97. The van der Waals surface area contributed by atoms with Crippen molar-refractivity contribution in [2.45, 2.75) is 30.8 Å². The summed E-state index contributed by atoms with van der Waals surface area (Å²) in [4.78, 5) is -0.348. The third-order valence-electron chi connectivity index (χ3n) is 2.40. The quantitative estimate of drug-likeness (QED) is 0.727. The van der Waals surface area contributed by atoms with E-state index in [4.69, 9.17) is 4.74 Å². The molecule has 0 saturated heterocycles. The standard InChI is InChI=1S/C12H14BrF3O/c1-8-3-4-11(17-2)9(7-8)10(13)5-6-12(14,15)16/h3-4,7,10H,5-6H2,1-2H3. The number of hydrogen-bond donors (Lipinski definition) is 0. The monoisotopic (exact) mass is 310 g/mol. The fraction of sp³-hybridized carbons (Fsp3) is 0.500. The average Bonchev–Trinajstić information content (AvgIpc) is 2.25. The van der Waals surface area contributed by atoms with Crippen LogP contribution in [-0.2, 0) is 0 Å². The molecule has 1 aromatic carbocycles. The van der Waals surface area contributed by atoms with Crippen LogP contribution in [0.2, 0.25) is 0 Å². The van der Waals surface area contributed by atoms with Crippen molar-refractivity contribution < 1.29 is 17.9 Å². The van der Waals surface area contributed by atoms with Gasteiger partial charge in [0.15, 0.2) is 0 Å². The Labute approximate surface area is 107 Å². The summed E-state index contributed by atoms with van der Waals surface area (Å²) in [6.45, 7) is 1.90. The third-order valence-corrected chi connectivity index (χ3v) is 3.36. The molecular weight excluding hydrogens is 297 g/mol. The van der Waals surface area contributed by atoms with Gasteiger partial charge in [-0.1, -0.05) is 33.6 Å². The molecule has 0 aromatic heterocycles. The van der Waals surface area contributed by atoms with Gasteiger partial charge in [-0.05, 0) is 19.4 Å². The van der Waals surface area contributed by atoms with E-state index in [1.807, 2.05) is 19.1 Å². The maximum atomic E-state index is 12.1. The molecule has 1 unspecified atom stereocenters. The highest BCUT2D eigenvalue weighted by atomic mass is 79.9. The lowest BCUT2D eigenvalue weighted by atomic mass is 10.0. The SMILES string of the molecule is COc1ccc(C)cc1C(Br)CCC(F)(F)F. The molecular formula is C12H14BrF3O. The molecule has 1 nitrogen and oxygen atoms in total. The summed E-state index contributed by atoms with van der Waals surface area (Å²) in [5.41, 5.74) is 1.76. The zero-order valence-electron chi connectivity index (χ0n) is 9.64. The molecule has 0 aliphatic heterocycles. The molecule has 17 heavy (non-hydrogen) atoms. The summed E-state index contributed by atoms with van der Waals surface area (Å²) in [5.74, 6) is 0.611. The molecule has 0 fully saturated rings. The molecule has 0 aliphatic carbocycles. The highest BCUT2D eigenvalue weighted by Gasteiger charge is 2.28. The van der Waals surface area contributed by atoms with Crippen molar-refractivity contribution in [3.8, 4) is 5.75 Å². The lowest BCUT2D eigenvalue weighted by Gasteiger charge is -2.16. The number of halogens is 4. The summed E-state index contributed by atoms with van der Waals surface area (Å²) < 4.78 is 41.6. The van der Waals surface area contributed by atoms with Gasteiger partial charge in [0.2, 0.25) is 0 Å². The smallest absolute Gasteiger partial charge is 0.389 e. The van der Waals surface area contributed by atoms with E-state index in [0.29, 0.717) is 5.75 Å². The molecule has 5 heteroatoms. The second kappa shape index (κ2) is 5.76. The second-order valence-electron chi connectivity index (χ2n) is 3.87. The van der Waals surface area contributed by atoms with Crippen LogP contribution in [0, 0.1) is 6.92 Å². The van der Waals surface area contributed by atoms with E-state index in [0.717, 1.165) is 11.1 Å². The molecule has 0 N–H and O–H groups in total. The average molecular weight is 311 g/mol. The Morgan fingerprint density at radius 3 is 2.53 bits per heavy atom. The Hall–Kier alpha value is -0.710. The van der Waals surface area contributed by atoms with Crippen LogP contribution in [0.4, 0.5) is 13.2 Å². The Morgan fingerprint density at radius 2 is 2.00 bits per heavy atom. The third kappa shape index (κ3) is 4.58. The van der Waals surface area contributed by atoms with Crippen LogP contribution in [0.3, 0.4) is 0 Å². The van der Waals surface area contributed by atoms with Crippen LogP contribution in [-0.4, -0.2) is 13.3 Å². The zero-order chi connectivity index (χ0) is 13.1. The van der Waals surface area contributed by atoms with Crippen LogP contribution in [0.15, 0.2) is 18.2 Å². The Balaban J connectivity index is 2.80. The van der Waals surface area contributed by atoms with Gasteiger partial charge in [0.25, 0.3) is 0 Å². The van der Waals surface area contributed by atoms with Crippen LogP contribution < -0.4 is 4.74 Å². The molecule has 0 saturated carbocycles. The number of hydrogen-bond acceptors (Lipinski definition) is 1. The van der Waals surface area contributed by atoms with E-state index in [9.17, 15) is 13.2 Å². The lowest BCUT2D eigenvalue weighted by molar-refractivity contribution is -0.135. The van der Waals surface area contributed by atoms with E-state index in [1.165, 1.54) is 7.11 Å². The molecule has 1 rings (SSSR count). The minimum Gasteiger partial charge on any atom is -0.496 e. The minimum atomic E-state index is -4.12. The molecule has 0 spiro atoms. The van der Waals surface area contributed by atoms with E-state index < -0.39 is 12.6 Å². The number of methoxy groups -OCH3 is 1. The maximum absolute atomic E-state index is 12.1. The van der Waals surface area contributed by atoms with E-state index in [2.05, 4.69) is 15.9 Å². The topological polar surface area (TPSA) is 9.23 Å². The highest BCUT2D eigenvalue weighted by molar-refractivity contribution is 9.09. The molecule has 0 radical (unpaired) electrons. The predicted octanol–water partition coefficient (Wildman–Crippen LogP) is 4.78. The zero-order valence-corrected chi connectivity index (χ0v) is 11.2. The number of benzene rings is 1. The maximum Gasteiger partial charge on any atom is 0.389 e. The highest BCUT2D eigenvalue weighted by Crippen LogP contribution is 2.37. The van der Waals surface area contributed by atoms with Gasteiger partial charge in [-0.3, -0.25) is 0 Å². The molecule has 0 bridgehead atoms. The largest absolute Gasteiger partial charge is 0.496 e. The Kier molecular flexibility index (Phi) is 4.86. The van der Waals surface area contributed by atoms with Crippen molar-refractivity contribution in [1.82, 2.24) is 0 Å². The first-order chi connectivity index (χ1) is 7.83. The van der Waals surface area contributed by atoms with E-state index in [1.54, 1.807) is 6.07 Å². The van der Waals surface area contributed by atoms with Gasteiger partial charge < -0.3 is 4.74 Å². The first-order valence-electron chi connectivity index (χ1n) is 5.19. The van der Waals surface area contributed by atoms with Crippen molar-refractivity contribution in [2.75, 3.05) is 7.11 Å². The van der Waals surface area contributed by atoms with Crippen molar-refractivity contribution in [3.63, 3.8) is 0 Å². The fourth-order valence-corrected chi connectivity index (χ4v) is 2.13. The Morgan fingerprint density at radius 1 is 1.35 bits per heavy atom. The number of alkyl halides is 4. The van der Waals surface area contributed by atoms with Crippen molar-refractivity contribution >= 4 is 15.9 Å². The normalized spacial score (nSPS) is 13.5. The van der Waals surface area contributed by atoms with Gasteiger partial charge in [-0.15, -0.1) is 0 Å².